The van der Waals surface area contributed by atoms with Crippen LogP contribution in [0.2, 0.25) is 5.02 Å². The molecule has 0 aromatic heterocycles. The molecule has 0 aliphatic rings. The van der Waals surface area contributed by atoms with Crippen molar-refractivity contribution in [2.75, 3.05) is 21.3 Å². The highest BCUT2D eigenvalue weighted by Crippen LogP contribution is 2.31. The van der Waals surface area contributed by atoms with Gasteiger partial charge in [0.2, 0.25) is 0 Å². The summed E-state index contributed by atoms with van der Waals surface area (Å²) >= 11 is 6.04. The van der Waals surface area contributed by atoms with Gasteiger partial charge in [-0.15, -0.1) is 0 Å². The molecule has 1 rings (SSSR count). The molecular weight excluding hydrogens is 250 g/mol. The van der Waals surface area contributed by atoms with E-state index in [1.54, 1.807) is 14.2 Å². The molecule has 0 saturated heterocycles. The standard InChI is InChI=1S/C14H22ClNO2/c1-9(2)14(18-5)13(16-3)10-6-7-11(15)12(8-10)17-4/h6-9,13-14,16H,1-5H3. The number of hydrogen-bond acceptors (Lipinski definition) is 3. The van der Waals surface area contributed by atoms with E-state index in [-0.39, 0.29) is 12.1 Å². The Balaban J connectivity index is 3.08. The van der Waals surface area contributed by atoms with Crippen molar-refractivity contribution in [1.82, 2.24) is 5.32 Å². The van der Waals surface area contributed by atoms with Gasteiger partial charge in [-0.25, -0.2) is 0 Å². The molecule has 1 N–H and O–H groups in total. The first-order chi connectivity index (χ1) is 8.54. The zero-order valence-electron chi connectivity index (χ0n) is 11.7. The summed E-state index contributed by atoms with van der Waals surface area (Å²) in [6, 6.07) is 5.92. The van der Waals surface area contributed by atoms with Crippen LogP contribution in [0.4, 0.5) is 0 Å². The zero-order valence-corrected chi connectivity index (χ0v) is 12.4. The second-order valence-corrected chi connectivity index (χ2v) is 5.01. The Labute approximate surface area is 114 Å². The lowest BCUT2D eigenvalue weighted by Crippen LogP contribution is -2.34. The van der Waals surface area contributed by atoms with Gasteiger partial charge >= 0.3 is 0 Å². The molecule has 1 aromatic carbocycles. The molecule has 0 radical (unpaired) electrons. The van der Waals surface area contributed by atoms with Crippen molar-refractivity contribution in [3.63, 3.8) is 0 Å². The molecule has 3 nitrogen and oxygen atoms in total. The predicted octanol–water partition coefficient (Wildman–Crippen LogP) is 3.28. The van der Waals surface area contributed by atoms with Crippen LogP contribution in [-0.2, 0) is 4.74 Å². The first-order valence-corrected chi connectivity index (χ1v) is 6.46. The van der Waals surface area contributed by atoms with Crippen LogP contribution in [0.3, 0.4) is 0 Å². The maximum atomic E-state index is 6.04. The second kappa shape index (κ2) is 6.98. The van der Waals surface area contributed by atoms with Gasteiger partial charge < -0.3 is 14.8 Å². The molecule has 0 bridgehead atoms. The smallest absolute Gasteiger partial charge is 0.137 e. The number of nitrogens with one attached hydrogen (secondary N) is 1. The Hall–Kier alpha value is -0.770. The fraction of sp³-hybridized carbons (Fsp3) is 0.571. The molecule has 0 heterocycles. The van der Waals surface area contributed by atoms with Gasteiger partial charge in [-0.1, -0.05) is 31.5 Å². The highest BCUT2D eigenvalue weighted by atomic mass is 35.5. The average molecular weight is 272 g/mol. The van der Waals surface area contributed by atoms with Gasteiger partial charge in [0.25, 0.3) is 0 Å². The summed E-state index contributed by atoms with van der Waals surface area (Å²) in [6.45, 7) is 4.29. The monoisotopic (exact) mass is 271 g/mol. The normalized spacial score (nSPS) is 14.6. The van der Waals surface area contributed by atoms with E-state index < -0.39 is 0 Å². The van der Waals surface area contributed by atoms with Gasteiger partial charge in [-0.05, 0) is 30.7 Å². The van der Waals surface area contributed by atoms with E-state index in [1.165, 1.54) is 0 Å². The molecule has 0 aliphatic heterocycles. The fourth-order valence-corrected chi connectivity index (χ4v) is 2.38. The number of methoxy groups -OCH3 is 2. The molecule has 0 saturated carbocycles. The van der Waals surface area contributed by atoms with E-state index in [0.717, 1.165) is 5.56 Å². The molecule has 2 atom stereocenters. The molecule has 0 spiro atoms. The van der Waals surface area contributed by atoms with Gasteiger partial charge in [0.1, 0.15) is 5.75 Å². The summed E-state index contributed by atoms with van der Waals surface area (Å²) in [7, 11) is 5.29. The van der Waals surface area contributed by atoms with E-state index >= 15 is 0 Å². The summed E-state index contributed by atoms with van der Waals surface area (Å²) in [5.41, 5.74) is 1.11. The van der Waals surface area contributed by atoms with E-state index in [0.29, 0.717) is 16.7 Å². The van der Waals surface area contributed by atoms with Crippen molar-refractivity contribution in [1.29, 1.82) is 0 Å². The minimum absolute atomic E-state index is 0.0980. The van der Waals surface area contributed by atoms with Crippen LogP contribution in [0.1, 0.15) is 25.5 Å². The lowest BCUT2D eigenvalue weighted by molar-refractivity contribution is 0.0348. The van der Waals surface area contributed by atoms with E-state index in [4.69, 9.17) is 21.1 Å². The number of ether oxygens (including phenoxy) is 2. The third kappa shape index (κ3) is 3.37. The maximum absolute atomic E-state index is 6.04. The summed E-state index contributed by atoms with van der Waals surface area (Å²) in [4.78, 5) is 0. The molecule has 0 fully saturated rings. The Bertz CT molecular complexity index is 382. The van der Waals surface area contributed by atoms with E-state index in [1.807, 2.05) is 25.2 Å². The molecule has 18 heavy (non-hydrogen) atoms. The SMILES string of the molecule is CNC(c1ccc(Cl)c(OC)c1)C(OC)C(C)C. The molecule has 1 aromatic rings. The van der Waals surface area contributed by atoms with Crippen LogP contribution in [0, 0.1) is 5.92 Å². The minimum atomic E-state index is 0.0980. The summed E-state index contributed by atoms with van der Waals surface area (Å²) < 4.78 is 10.8. The summed E-state index contributed by atoms with van der Waals surface area (Å²) in [5, 5.41) is 3.92. The van der Waals surface area contributed by atoms with Crippen LogP contribution in [-0.4, -0.2) is 27.4 Å². The predicted molar refractivity (Wildman–Crippen MR) is 75.4 cm³/mol. The Morgan fingerprint density at radius 3 is 2.33 bits per heavy atom. The van der Waals surface area contributed by atoms with Crippen molar-refractivity contribution >= 4 is 11.6 Å². The number of hydrogen-bond donors (Lipinski definition) is 1. The third-order valence-electron chi connectivity index (χ3n) is 3.10. The van der Waals surface area contributed by atoms with E-state index in [9.17, 15) is 0 Å². The van der Waals surface area contributed by atoms with Crippen molar-refractivity contribution in [3.8, 4) is 5.75 Å². The van der Waals surface area contributed by atoms with Crippen LogP contribution in [0.15, 0.2) is 18.2 Å². The molecular formula is C14H22ClNO2. The van der Waals surface area contributed by atoms with E-state index in [2.05, 4.69) is 19.2 Å². The fourth-order valence-electron chi connectivity index (χ4n) is 2.18. The number of halogens is 1. The number of likely N-dealkylation sites (N-methyl/N-ethyl adjacent to an activating group) is 1. The lowest BCUT2D eigenvalue weighted by atomic mass is 9.93. The molecule has 0 amide bonds. The molecule has 2 unspecified atom stereocenters. The Morgan fingerprint density at radius 1 is 1.22 bits per heavy atom. The second-order valence-electron chi connectivity index (χ2n) is 4.60. The van der Waals surface area contributed by atoms with Gasteiger partial charge in [0, 0.05) is 7.11 Å². The molecule has 102 valence electrons. The first-order valence-electron chi connectivity index (χ1n) is 6.08. The lowest BCUT2D eigenvalue weighted by Gasteiger charge is -2.29. The highest BCUT2D eigenvalue weighted by Gasteiger charge is 2.25. The van der Waals surface area contributed by atoms with Crippen molar-refractivity contribution in [2.24, 2.45) is 5.92 Å². The van der Waals surface area contributed by atoms with Gasteiger partial charge in [0.15, 0.2) is 0 Å². The Kier molecular flexibility index (Phi) is 5.93. The van der Waals surface area contributed by atoms with Crippen molar-refractivity contribution in [3.05, 3.63) is 28.8 Å². The maximum Gasteiger partial charge on any atom is 0.137 e. The largest absolute Gasteiger partial charge is 0.495 e. The average Bonchev–Trinajstić information content (AvgIpc) is 2.36. The van der Waals surface area contributed by atoms with Crippen molar-refractivity contribution < 1.29 is 9.47 Å². The topological polar surface area (TPSA) is 30.5 Å². The number of rotatable bonds is 6. The minimum Gasteiger partial charge on any atom is -0.495 e. The molecule has 0 aliphatic carbocycles. The van der Waals surface area contributed by atoms with Crippen LogP contribution >= 0.6 is 11.6 Å². The summed E-state index contributed by atoms with van der Waals surface area (Å²) in [5.74, 6) is 1.10. The van der Waals surface area contributed by atoms with Crippen LogP contribution < -0.4 is 10.1 Å². The third-order valence-corrected chi connectivity index (χ3v) is 3.42. The summed E-state index contributed by atoms with van der Waals surface area (Å²) in [6.07, 6.45) is 0.0980. The first kappa shape index (κ1) is 15.3. The number of benzene rings is 1. The van der Waals surface area contributed by atoms with Crippen LogP contribution in [0.25, 0.3) is 0 Å². The zero-order chi connectivity index (χ0) is 13.7. The Morgan fingerprint density at radius 2 is 1.89 bits per heavy atom. The highest BCUT2D eigenvalue weighted by molar-refractivity contribution is 6.32. The van der Waals surface area contributed by atoms with Crippen molar-refractivity contribution in [2.45, 2.75) is 26.0 Å². The van der Waals surface area contributed by atoms with Gasteiger partial charge in [0.05, 0.1) is 24.3 Å². The van der Waals surface area contributed by atoms with Crippen LogP contribution in [0.5, 0.6) is 5.75 Å². The van der Waals surface area contributed by atoms with Gasteiger partial charge in [-0.2, -0.15) is 0 Å². The molecule has 4 heteroatoms. The quantitative estimate of drug-likeness (QED) is 0.861. The van der Waals surface area contributed by atoms with Gasteiger partial charge in [-0.3, -0.25) is 0 Å².